The van der Waals surface area contributed by atoms with Gasteiger partial charge in [0.25, 0.3) is 0 Å². The third-order valence-corrected chi connectivity index (χ3v) is 8.40. The zero-order valence-corrected chi connectivity index (χ0v) is 24.2. The van der Waals surface area contributed by atoms with Crippen LogP contribution in [0.3, 0.4) is 0 Å². The zero-order valence-electron chi connectivity index (χ0n) is 24.2. The van der Waals surface area contributed by atoms with Crippen LogP contribution in [0.15, 0.2) is 159 Å². The molecule has 0 aromatic heterocycles. The van der Waals surface area contributed by atoms with Crippen molar-refractivity contribution in [3.63, 3.8) is 0 Å². The summed E-state index contributed by atoms with van der Waals surface area (Å²) in [6.45, 7) is 4.26. The van der Waals surface area contributed by atoms with Gasteiger partial charge in [0.1, 0.15) is 6.17 Å². The summed E-state index contributed by atoms with van der Waals surface area (Å²) in [4.78, 5) is 2.22. The molecule has 1 aliphatic carbocycles. The minimum Gasteiger partial charge on any atom is -0.372 e. The van der Waals surface area contributed by atoms with Crippen LogP contribution in [0.4, 0.5) is 11.4 Å². The van der Waals surface area contributed by atoms with Gasteiger partial charge in [-0.25, -0.2) is 0 Å². The van der Waals surface area contributed by atoms with Crippen molar-refractivity contribution in [1.29, 1.82) is 0 Å². The van der Waals surface area contributed by atoms with E-state index in [9.17, 15) is 0 Å². The lowest BCUT2D eigenvalue weighted by molar-refractivity contribution is 0.433. The highest BCUT2D eigenvalue weighted by atomic mass is 15.2. The highest BCUT2D eigenvalue weighted by Gasteiger charge is 2.20. The lowest BCUT2D eigenvalue weighted by Crippen LogP contribution is -2.37. The van der Waals surface area contributed by atoms with E-state index >= 15 is 0 Å². The number of para-hydroxylation sites is 1. The first-order valence-corrected chi connectivity index (χ1v) is 15.0. The molecule has 43 heavy (non-hydrogen) atoms. The topological polar surface area (TPSA) is 27.3 Å². The fourth-order valence-corrected chi connectivity index (χ4v) is 6.05. The predicted octanol–water partition coefficient (Wildman–Crippen LogP) is 9.77. The van der Waals surface area contributed by atoms with E-state index in [2.05, 4.69) is 168 Å². The summed E-state index contributed by atoms with van der Waals surface area (Å²) in [6.07, 6.45) is 21.4. The summed E-state index contributed by atoms with van der Waals surface area (Å²) in [6, 6.07) is 35.2. The molecule has 2 atom stereocenters. The molecule has 0 amide bonds. The third-order valence-electron chi connectivity index (χ3n) is 8.40. The number of rotatable bonds is 5. The van der Waals surface area contributed by atoms with Crippen molar-refractivity contribution >= 4 is 22.5 Å². The Morgan fingerprint density at radius 1 is 0.744 bits per heavy atom. The summed E-state index contributed by atoms with van der Waals surface area (Å²) in [5.74, 6) is 0. The molecule has 7 rings (SSSR count). The van der Waals surface area contributed by atoms with Gasteiger partial charge in [0.15, 0.2) is 0 Å². The molecule has 2 heterocycles. The first-order chi connectivity index (χ1) is 21.2. The van der Waals surface area contributed by atoms with Gasteiger partial charge in [0, 0.05) is 17.5 Å². The van der Waals surface area contributed by atoms with Gasteiger partial charge in [0.2, 0.25) is 0 Å². The highest BCUT2D eigenvalue weighted by molar-refractivity contribution is 5.85. The molecule has 2 unspecified atom stereocenters. The minimum atomic E-state index is 0.00248. The molecule has 2 aliphatic heterocycles. The summed E-state index contributed by atoms with van der Waals surface area (Å²) in [7, 11) is 0. The van der Waals surface area contributed by atoms with Crippen LogP contribution >= 0.6 is 0 Å². The van der Waals surface area contributed by atoms with Crippen molar-refractivity contribution in [3.8, 4) is 11.1 Å². The number of fused-ring (bicyclic) bond motifs is 1. The molecule has 4 aromatic rings. The van der Waals surface area contributed by atoms with Gasteiger partial charge in [0.05, 0.1) is 11.7 Å². The molecule has 0 radical (unpaired) electrons. The summed E-state index contributed by atoms with van der Waals surface area (Å²) >= 11 is 0. The molecule has 3 aliphatic rings. The van der Waals surface area contributed by atoms with E-state index in [0.29, 0.717) is 0 Å². The summed E-state index contributed by atoms with van der Waals surface area (Å²) < 4.78 is 0. The maximum atomic E-state index is 4.26. The average Bonchev–Trinajstić information content (AvgIpc) is 3.08. The molecule has 3 nitrogen and oxygen atoms in total. The van der Waals surface area contributed by atoms with Gasteiger partial charge < -0.3 is 10.2 Å². The number of anilines is 2. The van der Waals surface area contributed by atoms with Crippen molar-refractivity contribution in [1.82, 2.24) is 10.6 Å². The van der Waals surface area contributed by atoms with Crippen LogP contribution in [-0.2, 0) is 0 Å². The van der Waals surface area contributed by atoms with Crippen LogP contribution < -0.4 is 15.5 Å². The third kappa shape index (κ3) is 5.68. The summed E-state index contributed by atoms with van der Waals surface area (Å²) in [5.41, 5.74) is 12.0. The molecular formula is C40H35N3. The highest BCUT2D eigenvalue weighted by Crippen LogP contribution is 2.35. The molecule has 4 aromatic carbocycles. The lowest BCUT2D eigenvalue weighted by Gasteiger charge is -2.30. The van der Waals surface area contributed by atoms with Crippen molar-refractivity contribution in [2.75, 3.05) is 4.90 Å². The fraction of sp³-hybridized carbons (Fsp3) is 0.100. The number of hydrogen-bond donors (Lipinski definition) is 2. The van der Waals surface area contributed by atoms with Gasteiger partial charge in [-0.05, 0) is 94.4 Å². The summed E-state index contributed by atoms with van der Waals surface area (Å²) in [5, 5.41) is 7.30. The second-order valence-corrected chi connectivity index (χ2v) is 11.2. The van der Waals surface area contributed by atoms with Crippen molar-refractivity contribution in [2.45, 2.75) is 25.0 Å². The standard InChI is InChI=1S/C40H35N3/c1-29-10-7-8-27-43(39-16-6-5-15-37(29)39)36-23-21-33(22-24-36)40-41-26-25-38(42-40)35-14-9-13-34(28-35)32-19-17-31(18-20-32)30-11-3-2-4-12-30/h2-3,5-11,13-28,38,40-42H,1,4,12H2/b10-7-,27-8-. The van der Waals surface area contributed by atoms with Crippen molar-refractivity contribution in [3.05, 3.63) is 181 Å². The molecule has 0 bridgehead atoms. The van der Waals surface area contributed by atoms with Crippen LogP contribution in [0.5, 0.6) is 0 Å². The smallest absolute Gasteiger partial charge is 0.103 e. The van der Waals surface area contributed by atoms with Crippen LogP contribution in [0.2, 0.25) is 0 Å². The van der Waals surface area contributed by atoms with E-state index in [1.54, 1.807) is 0 Å². The Bertz CT molecular complexity index is 1780. The number of hydrogen-bond acceptors (Lipinski definition) is 3. The molecule has 0 saturated heterocycles. The first-order valence-electron chi connectivity index (χ1n) is 15.0. The van der Waals surface area contributed by atoms with E-state index < -0.39 is 0 Å². The van der Waals surface area contributed by atoms with Crippen LogP contribution in [0.25, 0.3) is 22.3 Å². The molecule has 2 N–H and O–H groups in total. The van der Waals surface area contributed by atoms with Crippen LogP contribution in [0, 0.1) is 0 Å². The van der Waals surface area contributed by atoms with Gasteiger partial charge >= 0.3 is 0 Å². The second kappa shape index (κ2) is 12.0. The maximum Gasteiger partial charge on any atom is 0.103 e. The molecule has 0 saturated carbocycles. The zero-order chi connectivity index (χ0) is 29.0. The SMILES string of the molecule is C=C1/C=C\C=C/N(c2ccc(C3NC=CC(c4cccc(-c5ccc(C6=CC=CCC6)cc5)c4)N3)cc2)c2ccccc21. The Kier molecular flexibility index (Phi) is 7.47. The van der Waals surface area contributed by atoms with E-state index in [1.165, 1.54) is 33.4 Å². The Balaban J connectivity index is 1.08. The van der Waals surface area contributed by atoms with Crippen LogP contribution in [-0.4, -0.2) is 0 Å². The predicted molar refractivity (Wildman–Crippen MR) is 181 cm³/mol. The molecular weight excluding hydrogens is 522 g/mol. The first kappa shape index (κ1) is 26.8. The second-order valence-electron chi connectivity index (χ2n) is 11.2. The van der Waals surface area contributed by atoms with Gasteiger partial charge in [-0.15, -0.1) is 0 Å². The normalized spacial score (nSPS) is 20.8. The van der Waals surface area contributed by atoms with E-state index in [0.717, 1.165) is 35.4 Å². The maximum absolute atomic E-state index is 4.26. The van der Waals surface area contributed by atoms with Gasteiger partial charge in [-0.3, -0.25) is 5.32 Å². The number of nitrogens with zero attached hydrogens (tertiary/aromatic N) is 1. The Labute approximate surface area is 254 Å². The quantitative estimate of drug-likeness (QED) is 0.256. The van der Waals surface area contributed by atoms with Crippen molar-refractivity contribution < 1.29 is 0 Å². The van der Waals surface area contributed by atoms with Crippen molar-refractivity contribution in [2.24, 2.45) is 0 Å². The van der Waals surface area contributed by atoms with E-state index in [1.807, 2.05) is 6.08 Å². The van der Waals surface area contributed by atoms with Crippen LogP contribution in [0.1, 0.15) is 47.3 Å². The fourth-order valence-electron chi connectivity index (χ4n) is 6.05. The van der Waals surface area contributed by atoms with Gasteiger partial charge in [-0.1, -0.05) is 110 Å². The minimum absolute atomic E-state index is 0.00248. The van der Waals surface area contributed by atoms with Gasteiger partial charge in [-0.2, -0.15) is 0 Å². The molecule has 0 fully saturated rings. The Morgan fingerprint density at radius 2 is 1.58 bits per heavy atom. The lowest BCUT2D eigenvalue weighted by atomic mass is 9.94. The average molecular weight is 558 g/mol. The monoisotopic (exact) mass is 557 g/mol. The Hall–Kier alpha value is -5.12. The molecule has 0 spiro atoms. The number of allylic oxidation sites excluding steroid dienone is 8. The number of benzene rings is 4. The van der Waals surface area contributed by atoms with E-state index in [4.69, 9.17) is 0 Å². The van der Waals surface area contributed by atoms with E-state index in [-0.39, 0.29) is 12.2 Å². The Morgan fingerprint density at radius 3 is 2.42 bits per heavy atom. The largest absolute Gasteiger partial charge is 0.372 e. The molecule has 210 valence electrons. The number of nitrogens with one attached hydrogen (secondary N) is 2. The molecule has 3 heteroatoms.